The second-order valence-corrected chi connectivity index (χ2v) is 10.5. The van der Waals surface area contributed by atoms with Crippen LogP contribution in [-0.4, -0.2) is 57.7 Å². The number of aryl methyl sites for hydroxylation is 2. The van der Waals surface area contributed by atoms with Crippen molar-refractivity contribution in [2.75, 3.05) is 41.6 Å². The van der Waals surface area contributed by atoms with Crippen molar-refractivity contribution in [2.45, 2.75) is 33.7 Å². The maximum atomic E-state index is 13.3. The molecule has 1 atom stereocenters. The van der Waals surface area contributed by atoms with Gasteiger partial charge in [0.1, 0.15) is 6.04 Å². The Hall–Kier alpha value is -2.25. The lowest BCUT2D eigenvalue weighted by Gasteiger charge is -2.39. The normalized spacial score (nSPS) is 15.7. The fourth-order valence-electron chi connectivity index (χ4n) is 4.10. The molecule has 2 aromatic rings. The number of halogens is 1. The SMILES string of the molecule is Cc1ccc(Cl)cc1N([C@H](C)C(=O)N1CCN(c2cccc(C)c2C)CC1)S(C)(=O)=O. The molecule has 0 unspecified atom stereocenters. The Morgan fingerprint density at radius 1 is 1.03 bits per heavy atom. The van der Waals surface area contributed by atoms with Gasteiger partial charge in [0.2, 0.25) is 15.9 Å². The van der Waals surface area contributed by atoms with Crippen LogP contribution >= 0.6 is 11.6 Å². The summed E-state index contributed by atoms with van der Waals surface area (Å²) in [6.45, 7) is 10.2. The molecule has 0 spiro atoms. The number of amides is 1. The third-order valence-corrected chi connectivity index (χ3v) is 7.45. The minimum Gasteiger partial charge on any atom is -0.368 e. The molecule has 1 saturated heterocycles. The van der Waals surface area contributed by atoms with Gasteiger partial charge in [-0.3, -0.25) is 9.10 Å². The van der Waals surface area contributed by atoms with Gasteiger partial charge < -0.3 is 9.80 Å². The minimum absolute atomic E-state index is 0.203. The van der Waals surface area contributed by atoms with E-state index in [9.17, 15) is 13.2 Å². The number of piperazine rings is 1. The second-order valence-electron chi connectivity index (χ2n) is 8.20. The van der Waals surface area contributed by atoms with Crippen molar-refractivity contribution in [1.82, 2.24) is 4.90 Å². The summed E-state index contributed by atoms with van der Waals surface area (Å²) in [5.74, 6) is -0.203. The maximum absolute atomic E-state index is 13.3. The van der Waals surface area contributed by atoms with Crippen LogP contribution in [-0.2, 0) is 14.8 Å². The zero-order chi connectivity index (χ0) is 22.9. The molecule has 6 nitrogen and oxygen atoms in total. The average molecular weight is 464 g/mol. The van der Waals surface area contributed by atoms with E-state index in [2.05, 4.69) is 36.9 Å². The van der Waals surface area contributed by atoms with Gasteiger partial charge in [-0.05, 0) is 62.6 Å². The molecule has 0 aromatic heterocycles. The summed E-state index contributed by atoms with van der Waals surface area (Å²) >= 11 is 6.12. The van der Waals surface area contributed by atoms with E-state index < -0.39 is 16.1 Å². The van der Waals surface area contributed by atoms with E-state index in [0.29, 0.717) is 36.9 Å². The lowest BCUT2D eigenvalue weighted by Crippen LogP contribution is -2.55. The highest BCUT2D eigenvalue weighted by atomic mass is 35.5. The molecule has 2 aromatic carbocycles. The van der Waals surface area contributed by atoms with Crippen LogP contribution < -0.4 is 9.21 Å². The molecule has 1 heterocycles. The standard InChI is InChI=1S/C23H30ClN3O3S/c1-16-7-6-8-21(18(16)3)25-11-13-26(14-12-25)23(28)19(4)27(31(5,29)30)22-15-20(24)10-9-17(22)2/h6-10,15,19H,11-14H2,1-5H3/t19-/m1/s1. The first-order valence-corrected chi connectivity index (χ1v) is 12.6. The van der Waals surface area contributed by atoms with E-state index in [0.717, 1.165) is 11.8 Å². The Morgan fingerprint density at radius 2 is 1.68 bits per heavy atom. The molecule has 1 amide bonds. The van der Waals surface area contributed by atoms with Crippen molar-refractivity contribution in [3.8, 4) is 0 Å². The number of anilines is 2. The quantitative estimate of drug-likeness (QED) is 0.677. The Kier molecular flexibility index (Phi) is 6.86. The first-order chi connectivity index (χ1) is 14.5. The van der Waals surface area contributed by atoms with E-state index in [1.807, 2.05) is 6.92 Å². The summed E-state index contributed by atoms with van der Waals surface area (Å²) in [5.41, 5.74) is 4.85. The van der Waals surface area contributed by atoms with Gasteiger partial charge in [0.25, 0.3) is 0 Å². The molecule has 0 saturated carbocycles. The first-order valence-electron chi connectivity index (χ1n) is 10.4. The van der Waals surface area contributed by atoms with Crippen LogP contribution in [0.3, 0.4) is 0 Å². The monoisotopic (exact) mass is 463 g/mol. The molecule has 1 aliphatic rings. The van der Waals surface area contributed by atoms with Crippen molar-refractivity contribution >= 4 is 38.9 Å². The van der Waals surface area contributed by atoms with Crippen LogP contribution in [0.2, 0.25) is 5.02 Å². The van der Waals surface area contributed by atoms with Crippen molar-refractivity contribution in [3.05, 3.63) is 58.1 Å². The van der Waals surface area contributed by atoms with Gasteiger partial charge in [0, 0.05) is 36.9 Å². The fourth-order valence-corrected chi connectivity index (χ4v) is 5.49. The number of sulfonamides is 1. The van der Waals surface area contributed by atoms with Crippen LogP contribution in [0.15, 0.2) is 36.4 Å². The number of carbonyl (C=O) groups excluding carboxylic acids is 1. The van der Waals surface area contributed by atoms with E-state index in [4.69, 9.17) is 11.6 Å². The van der Waals surface area contributed by atoms with Gasteiger partial charge in [0.05, 0.1) is 11.9 Å². The summed E-state index contributed by atoms with van der Waals surface area (Å²) < 4.78 is 26.5. The second kappa shape index (κ2) is 9.09. The molecule has 0 aliphatic carbocycles. The molecule has 0 bridgehead atoms. The summed E-state index contributed by atoms with van der Waals surface area (Å²) in [6.07, 6.45) is 1.12. The molecular weight excluding hydrogens is 434 g/mol. The van der Waals surface area contributed by atoms with E-state index in [-0.39, 0.29) is 5.91 Å². The molecular formula is C23H30ClN3O3S. The van der Waals surface area contributed by atoms with Crippen LogP contribution in [0.4, 0.5) is 11.4 Å². The Bertz CT molecular complexity index is 1080. The van der Waals surface area contributed by atoms with E-state index in [1.165, 1.54) is 21.1 Å². The summed E-state index contributed by atoms with van der Waals surface area (Å²) in [7, 11) is -3.69. The lowest BCUT2D eigenvalue weighted by atomic mass is 10.1. The summed E-state index contributed by atoms with van der Waals surface area (Å²) in [4.78, 5) is 17.3. The number of nitrogens with zero attached hydrogens (tertiary/aromatic N) is 3. The van der Waals surface area contributed by atoms with Crippen molar-refractivity contribution in [1.29, 1.82) is 0 Å². The minimum atomic E-state index is -3.69. The van der Waals surface area contributed by atoms with Crippen LogP contribution in [0.1, 0.15) is 23.6 Å². The zero-order valence-corrected chi connectivity index (χ0v) is 20.3. The van der Waals surface area contributed by atoms with Gasteiger partial charge in [-0.25, -0.2) is 8.42 Å². The first kappa shape index (κ1) is 23.4. The molecule has 31 heavy (non-hydrogen) atoms. The third kappa shape index (κ3) is 4.99. The highest BCUT2D eigenvalue weighted by molar-refractivity contribution is 7.92. The van der Waals surface area contributed by atoms with Gasteiger partial charge in [-0.1, -0.05) is 29.8 Å². The highest BCUT2D eigenvalue weighted by Crippen LogP contribution is 2.29. The van der Waals surface area contributed by atoms with Gasteiger partial charge in [-0.2, -0.15) is 0 Å². The highest BCUT2D eigenvalue weighted by Gasteiger charge is 2.34. The number of hydrogen-bond donors (Lipinski definition) is 0. The topological polar surface area (TPSA) is 60.9 Å². The molecule has 1 aliphatic heterocycles. The molecule has 3 rings (SSSR count). The lowest BCUT2D eigenvalue weighted by molar-refractivity contribution is -0.132. The smallest absolute Gasteiger partial charge is 0.246 e. The van der Waals surface area contributed by atoms with Crippen molar-refractivity contribution in [2.24, 2.45) is 0 Å². The molecule has 8 heteroatoms. The number of benzene rings is 2. The van der Waals surface area contributed by atoms with Crippen LogP contribution in [0, 0.1) is 20.8 Å². The Labute approximate surface area is 190 Å². The number of rotatable bonds is 5. The van der Waals surface area contributed by atoms with E-state index in [1.54, 1.807) is 30.0 Å². The third-order valence-electron chi connectivity index (χ3n) is 5.98. The Balaban J connectivity index is 1.79. The number of carbonyl (C=O) groups is 1. The largest absolute Gasteiger partial charge is 0.368 e. The van der Waals surface area contributed by atoms with Crippen molar-refractivity contribution in [3.63, 3.8) is 0 Å². The predicted octanol–water partition coefficient (Wildman–Crippen LogP) is 3.77. The van der Waals surface area contributed by atoms with Crippen LogP contribution in [0.5, 0.6) is 0 Å². The molecule has 0 N–H and O–H groups in total. The predicted molar refractivity (Wildman–Crippen MR) is 128 cm³/mol. The van der Waals surface area contributed by atoms with E-state index >= 15 is 0 Å². The van der Waals surface area contributed by atoms with Crippen LogP contribution in [0.25, 0.3) is 0 Å². The summed E-state index contributed by atoms with van der Waals surface area (Å²) in [6, 6.07) is 10.5. The Morgan fingerprint density at radius 3 is 2.29 bits per heavy atom. The number of hydrogen-bond acceptors (Lipinski definition) is 4. The van der Waals surface area contributed by atoms with Crippen molar-refractivity contribution < 1.29 is 13.2 Å². The molecule has 168 valence electrons. The van der Waals surface area contributed by atoms with Gasteiger partial charge >= 0.3 is 0 Å². The maximum Gasteiger partial charge on any atom is 0.246 e. The average Bonchev–Trinajstić information content (AvgIpc) is 2.71. The summed E-state index contributed by atoms with van der Waals surface area (Å²) in [5, 5.41) is 0.427. The zero-order valence-electron chi connectivity index (χ0n) is 18.7. The molecule has 0 radical (unpaired) electrons. The molecule has 1 fully saturated rings. The fraction of sp³-hybridized carbons (Fsp3) is 0.435. The van der Waals surface area contributed by atoms with Gasteiger partial charge in [-0.15, -0.1) is 0 Å². The van der Waals surface area contributed by atoms with Gasteiger partial charge in [0.15, 0.2) is 0 Å².